The summed E-state index contributed by atoms with van der Waals surface area (Å²) in [6.45, 7) is 4.31. The van der Waals surface area contributed by atoms with Crippen molar-refractivity contribution < 1.29 is 9.59 Å². The number of hydrogen-bond acceptors (Lipinski definition) is 6. The third kappa shape index (κ3) is 10.2. The molecule has 0 aliphatic rings. The van der Waals surface area contributed by atoms with E-state index < -0.39 is 22.9 Å². The lowest BCUT2D eigenvalue weighted by atomic mass is 10.1. The maximum absolute atomic E-state index is 12.9. The van der Waals surface area contributed by atoms with Gasteiger partial charge in [-0.3, -0.25) is 28.3 Å². The minimum absolute atomic E-state index is 0.0537. The first kappa shape index (κ1) is 39.9. The lowest BCUT2D eigenvalue weighted by Crippen LogP contribution is -2.34. The number of carbonyl (C=O) groups is 2. The molecule has 0 bridgehead atoms. The molecular formula is C43H34Br2N6O4. The van der Waals surface area contributed by atoms with Crippen molar-refractivity contribution in [3.8, 4) is 23.5 Å². The van der Waals surface area contributed by atoms with E-state index in [0.29, 0.717) is 53.4 Å². The van der Waals surface area contributed by atoms with Crippen LogP contribution in [-0.4, -0.2) is 27.5 Å². The van der Waals surface area contributed by atoms with Crippen LogP contribution in [0.25, 0.3) is 11.4 Å². The summed E-state index contributed by atoms with van der Waals surface area (Å²) in [6, 6.07) is 39.6. The van der Waals surface area contributed by atoms with Gasteiger partial charge < -0.3 is 10.6 Å². The monoisotopic (exact) mass is 856 g/mol. The Morgan fingerprint density at radius 3 is 1.62 bits per heavy atom. The zero-order chi connectivity index (χ0) is 39.5. The lowest BCUT2D eigenvalue weighted by molar-refractivity contribution is 0.0942. The third-order valence-electron chi connectivity index (χ3n) is 8.47. The summed E-state index contributed by atoms with van der Waals surface area (Å²) in [5.41, 5.74) is 4.70. The number of nitrogens with zero attached hydrogens (tertiary/aromatic N) is 4. The Balaban J connectivity index is 0.000000211. The molecule has 0 unspecified atom stereocenters. The average molecular weight is 859 g/mol. The average Bonchev–Trinajstić information content (AvgIpc) is 3.18. The van der Waals surface area contributed by atoms with Crippen LogP contribution in [0.1, 0.15) is 54.4 Å². The van der Waals surface area contributed by atoms with Gasteiger partial charge in [-0.05, 0) is 116 Å². The molecule has 2 heterocycles. The molecule has 0 aliphatic heterocycles. The maximum Gasteiger partial charge on any atom is 0.268 e. The molecule has 0 aliphatic carbocycles. The fourth-order valence-corrected chi connectivity index (χ4v) is 6.38. The summed E-state index contributed by atoms with van der Waals surface area (Å²) in [4.78, 5) is 50.9. The van der Waals surface area contributed by atoms with E-state index in [-0.39, 0.29) is 11.1 Å². The van der Waals surface area contributed by atoms with Gasteiger partial charge in [0.15, 0.2) is 0 Å². The molecular weight excluding hydrogens is 824 g/mol. The molecule has 12 heteroatoms. The summed E-state index contributed by atoms with van der Waals surface area (Å²) < 4.78 is 4.81. The van der Waals surface area contributed by atoms with Crippen molar-refractivity contribution in [2.75, 3.05) is 6.54 Å². The van der Waals surface area contributed by atoms with Gasteiger partial charge in [0.2, 0.25) is 0 Å². The number of aromatic nitrogens is 2. The van der Waals surface area contributed by atoms with Gasteiger partial charge in [-0.15, -0.1) is 0 Å². The summed E-state index contributed by atoms with van der Waals surface area (Å²) in [6.07, 6.45) is 0.670. The fraction of sp³-hybridized carbons (Fsp3) is 0.116. The molecule has 2 amide bonds. The molecule has 0 fully saturated rings. The number of benzene rings is 4. The number of halogens is 2. The normalized spacial score (nSPS) is 10.3. The van der Waals surface area contributed by atoms with Crippen molar-refractivity contribution >= 4 is 43.7 Å². The molecule has 0 saturated carbocycles. The van der Waals surface area contributed by atoms with E-state index in [4.69, 9.17) is 10.5 Å². The first-order chi connectivity index (χ1) is 26.5. The smallest absolute Gasteiger partial charge is 0.268 e. The van der Waals surface area contributed by atoms with Gasteiger partial charge >= 0.3 is 0 Å². The second kappa shape index (κ2) is 18.6. The van der Waals surface area contributed by atoms with E-state index in [1.54, 1.807) is 74.5 Å². The number of pyridine rings is 2. The van der Waals surface area contributed by atoms with E-state index >= 15 is 0 Å². The molecule has 6 aromatic rings. The summed E-state index contributed by atoms with van der Waals surface area (Å²) >= 11 is 6.78. The van der Waals surface area contributed by atoms with Gasteiger partial charge in [-0.25, -0.2) is 0 Å². The van der Waals surface area contributed by atoms with Crippen LogP contribution in [0.3, 0.4) is 0 Å². The number of hydrogen-bond donors (Lipinski definition) is 2. The topological polar surface area (TPSA) is 150 Å². The Hall–Kier alpha value is -6.34. The van der Waals surface area contributed by atoms with Crippen molar-refractivity contribution in [2.24, 2.45) is 0 Å². The highest BCUT2D eigenvalue weighted by atomic mass is 79.9. The van der Waals surface area contributed by atoms with Crippen LogP contribution in [0.4, 0.5) is 0 Å². The van der Waals surface area contributed by atoms with E-state index in [2.05, 4.69) is 54.6 Å². The zero-order valence-corrected chi connectivity index (χ0v) is 33.0. The fourth-order valence-electron chi connectivity index (χ4n) is 5.67. The van der Waals surface area contributed by atoms with Crippen molar-refractivity contribution in [3.63, 3.8) is 0 Å². The molecule has 0 spiro atoms. The molecule has 2 aromatic heterocycles. The molecule has 4 aromatic carbocycles. The number of nitrogens with one attached hydrogen (secondary N) is 2. The van der Waals surface area contributed by atoms with Crippen molar-refractivity contribution in [3.05, 3.63) is 196 Å². The molecule has 55 heavy (non-hydrogen) atoms. The van der Waals surface area contributed by atoms with Gasteiger partial charge in [0.05, 0.1) is 34.6 Å². The van der Waals surface area contributed by atoms with E-state index in [1.807, 2.05) is 48.5 Å². The number of nitriles is 2. The lowest BCUT2D eigenvalue weighted by Gasteiger charge is -2.12. The minimum atomic E-state index is -0.440. The molecule has 6 rings (SSSR count). The van der Waals surface area contributed by atoms with Crippen molar-refractivity contribution in [1.82, 2.24) is 19.8 Å². The summed E-state index contributed by atoms with van der Waals surface area (Å²) in [7, 11) is 0. The van der Waals surface area contributed by atoms with E-state index in [0.717, 1.165) is 20.1 Å². The van der Waals surface area contributed by atoms with Crippen LogP contribution in [-0.2, 0) is 13.0 Å². The Bertz CT molecular complexity index is 2580. The Kier molecular flexibility index (Phi) is 13.5. The molecule has 2 N–H and O–H groups in total. The van der Waals surface area contributed by atoms with Crippen molar-refractivity contribution in [2.45, 2.75) is 26.8 Å². The van der Waals surface area contributed by atoms with E-state index in [9.17, 15) is 19.2 Å². The Labute approximate surface area is 334 Å². The van der Waals surface area contributed by atoms with E-state index in [1.165, 1.54) is 21.3 Å². The molecule has 0 saturated heterocycles. The van der Waals surface area contributed by atoms with Gasteiger partial charge in [0.1, 0.15) is 11.1 Å². The quantitative estimate of drug-likeness (QED) is 0.154. The first-order valence-electron chi connectivity index (χ1n) is 17.0. The largest absolute Gasteiger partial charge is 0.352 e. The number of rotatable bonds is 9. The van der Waals surface area contributed by atoms with Crippen LogP contribution < -0.4 is 21.8 Å². The predicted molar refractivity (Wildman–Crippen MR) is 218 cm³/mol. The van der Waals surface area contributed by atoms with Crippen LogP contribution in [0.2, 0.25) is 0 Å². The SMILES string of the molecule is Cc1ccc(C(=O)NCCc2ccc(Br)cc2)c(=O)n1-c1cccc(C#N)c1.Cc1ccc(C(=O)NCc2cccc(Br)c2)c(=O)n1-c1cccc(C#N)c1. The van der Waals surface area contributed by atoms with Gasteiger partial charge in [0.25, 0.3) is 22.9 Å². The van der Waals surface area contributed by atoms with Gasteiger partial charge in [-0.2, -0.15) is 10.5 Å². The Morgan fingerprint density at radius 1 is 0.600 bits per heavy atom. The van der Waals surface area contributed by atoms with Crippen LogP contribution in [0.15, 0.2) is 140 Å². The highest BCUT2D eigenvalue weighted by Crippen LogP contribution is 2.15. The Morgan fingerprint density at radius 2 is 1.11 bits per heavy atom. The number of amides is 2. The molecule has 0 radical (unpaired) electrons. The molecule has 10 nitrogen and oxygen atoms in total. The summed E-state index contributed by atoms with van der Waals surface area (Å²) in [5, 5.41) is 23.8. The standard InChI is InChI=1S/C22H18BrN3O2.C21H16BrN3O2/c1-15-5-10-20(21(27)25-12-11-16-6-8-18(23)9-7-16)22(28)26(15)19-4-2-3-17(13-19)14-24;1-14-8-9-19(20(26)24-13-16-5-2-6-17(22)10-16)21(27)25(14)18-7-3-4-15(11-18)12-23/h2-10,13H,11-12H2,1H3,(H,25,27);2-11H,13H2,1H3,(H,24,26). The molecule has 0 atom stereocenters. The van der Waals surface area contributed by atoms with Gasteiger partial charge in [-0.1, -0.05) is 68.3 Å². The highest BCUT2D eigenvalue weighted by Gasteiger charge is 2.16. The first-order valence-corrected chi connectivity index (χ1v) is 18.6. The minimum Gasteiger partial charge on any atom is -0.352 e. The van der Waals surface area contributed by atoms with Crippen LogP contribution in [0, 0.1) is 36.5 Å². The highest BCUT2D eigenvalue weighted by molar-refractivity contribution is 9.10. The second-order valence-corrected chi connectivity index (χ2v) is 14.2. The predicted octanol–water partition coefficient (Wildman–Crippen LogP) is 7.46. The van der Waals surface area contributed by atoms with Crippen LogP contribution >= 0.6 is 31.9 Å². The maximum atomic E-state index is 12.9. The van der Waals surface area contributed by atoms with Gasteiger partial charge in [0, 0.05) is 33.4 Å². The van der Waals surface area contributed by atoms with Crippen molar-refractivity contribution in [1.29, 1.82) is 10.5 Å². The third-order valence-corrected chi connectivity index (χ3v) is 9.49. The number of aryl methyl sites for hydroxylation is 2. The summed E-state index contributed by atoms with van der Waals surface area (Å²) in [5.74, 6) is -0.850. The molecule has 274 valence electrons. The van der Waals surface area contributed by atoms with Crippen LogP contribution in [0.5, 0.6) is 0 Å². The zero-order valence-electron chi connectivity index (χ0n) is 29.8. The number of carbonyl (C=O) groups excluding carboxylic acids is 2. The second-order valence-electron chi connectivity index (χ2n) is 12.3.